The number of pyridine rings is 1. The summed E-state index contributed by atoms with van der Waals surface area (Å²) in [5, 5.41) is 13.2. The number of benzene rings is 3. The number of rotatable bonds is 2. The number of ketones is 1. The number of aliphatic hydroxyl groups is 1. The van der Waals surface area contributed by atoms with E-state index in [1.54, 1.807) is 0 Å². The van der Waals surface area contributed by atoms with E-state index in [4.69, 9.17) is 5.11 Å². The van der Waals surface area contributed by atoms with Crippen molar-refractivity contribution in [2.24, 2.45) is 0 Å². The number of carbonyl (C=O) groups excluding carboxylic acids is 1. The maximum atomic E-state index is 10.0. The first kappa shape index (κ1) is 21.5. The van der Waals surface area contributed by atoms with Gasteiger partial charge in [0.1, 0.15) is 0 Å². The van der Waals surface area contributed by atoms with Crippen LogP contribution in [0.4, 0.5) is 0 Å². The molecule has 1 heterocycles. The van der Waals surface area contributed by atoms with Gasteiger partial charge in [-0.25, -0.2) is 0 Å². The molecule has 4 rings (SSSR count). The molecule has 0 spiro atoms. The van der Waals surface area contributed by atoms with E-state index in [-0.39, 0.29) is 31.6 Å². The number of fused-ring (bicyclic) bond motifs is 2. The molecule has 143 valence electrons. The van der Waals surface area contributed by atoms with Gasteiger partial charge in [0.05, 0.1) is 5.76 Å². The topological polar surface area (TPSA) is 50.2 Å². The molecule has 0 bridgehead atoms. The molecular formula is C24H20IrNO2-. The van der Waals surface area contributed by atoms with Crippen LogP contribution in [0.15, 0.2) is 84.8 Å². The fraction of sp³-hybridized carbons (Fsp3) is 0.0833. The second-order valence-corrected chi connectivity index (χ2v) is 6.29. The predicted octanol–water partition coefficient (Wildman–Crippen LogP) is 5.89. The molecule has 0 atom stereocenters. The molecule has 28 heavy (non-hydrogen) atoms. The molecule has 1 N–H and O–H groups in total. The molecular weight excluding hydrogens is 526 g/mol. The van der Waals surface area contributed by atoms with Crippen LogP contribution in [0.3, 0.4) is 0 Å². The molecule has 0 aliphatic rings. The number of nitrogens with zero attached hydrogens (tertiary/aromatic N) is 1. The molecule has 0 unspecified atom stereocenters. The van der Waals surface area contributed by atoms with Crippen LogP contribution >= 0.6 is 0 Å². The fourth-order valence-corrected chi connectivity index (χ4v) is 2.80. The Balaban J connectivity index is 0.000000306. The Hall–Kier alpha value is -2.81. The second kappa shape index (κ2) is 9.93. The van der Waals surface area contributed by atoms with Crippen molar-refractivity contribution in [1.29, 1.82) is 0 Å². The summed E-state index contributed by atoms with van der Waals surface area (Å²) >= 11 is 0. The van der Waals surface area contributed by atoms with Gasteiger partial charge in [-0.1, -0.05) is 60.0 Å². The Labute approximate surface area is 178 Å². The second-order valence-electron chi connectivity index (χ2n) is 6.29. The van der Waals surface area contributed by atoms with Crippen LogP contribution in [0.1, 0.15) is 13.8 Å². The molecule has 0 aliphatic carbocycles. The van der Waals surface area contributed by atoms with E-state index in [0.29, 0.717) is 0 Å². The molecule has 0 saturated heterocycles. The molecule has 1 radical (unpaired) electrons. The van der Waals surface area contributed by atoms with Gasteiger partial charge in [-0.3, -0.25) is 4.79 Å². The largest absolute Gasteiger partial charge is 0.512 e. The standard InChI is InChI=1S/C19H12N.C5H8O2.Ir/c1-2-6-15-11-17(10-9-14(15)5-1)19-12-16-7-3-4-8-18(16)13-20-19;1-4(6)3-5(2)7;/h1-9,11-13H;3,6H,1-2H3;/q-1;;/b;4-3-;. The minimum absolute atomic E-state index is 0. The zero-order valence-corrected chi connectivity index (χ0v) is 18.0. The van der Waals surface area contributed by atoms with Crippen LogP contribution in [0.2, 0.25) is 0 Å². The maximum Gasteiger partial charge on any atom is 0.155 e. The van der Waals surface area contributed by atoms with Crippen molar-refractivity contribution in [1.82, 2.24) is 4.98 Å². The summed E-state index contributed by atoms with van der Waals surface area (Å²) in [5.41, 5.74) is 2.00. The van der Waals surface area contributed by atoms with E-state index in [0.717, 1.165) is 16.6 Å². The molecule has 4 aromatic rings. The Bertz CT molecular complexity index is 1050. The Morgan fingerprint density at radius 1 is 0.929 bits per heavy atom. The maximum absolute atomic E-state index is 10.0. The number of hydrogen-bond donors (Lipinski definition) is 1. The number of hydrogen-bond acceptors (Lipinski definition) is 3. The molecule has 3 nitrogen and oxygen atoms in total. The van der Waals surface area contributed by atoms with Gasteiger partial charge in [0, 0.05) is 32.4 Å². The van der Waals surface area contributed by atoms with E-state index >= 15 is 0 Å². The van der Waals surface area contributed by atoms with Gasteiger partial charge in [0.25, 0.3) is 0 Å². The Kier molecular flexibility index (Phi) is 7.62. The zero-order valence-electron chi connectivity index (χ0n) is 15.6. The summed E-state index contributed by atoms with van der Waals surface area (Å²) in [5.74, 6) is -0.0625. The molecule has 0 fully saturated rings. The van der Waals surface area contributed by atoms with Crippen molar-refractivity contribution < 1.29 is 30.0 Å². The van der Waals surface area contributed by atoms with Crippen LogP contribution in [0.25, 0.3) is 32.8 Å². The van der Waals surface area contributed by atoms with Gasteiger partial charge in [-0.2, -0.15) is 0 Å². The van der Waals surface area contributed by atoms with Crippen molar-refractivity contribution in [3.63, 3.8) is 0 Å². The minimum Gasteiger partial charge on any atom is -0.512 e. The first-order chi connectivity index (χ1) is 13.0. The summed E-state index contributed by atoms with van der Waals surface area (Å²) in [6.45, 7) is 2.85. The van der Waals surface area contributed by atoms with Crippen molar-refractivity contribution in [3.8, 4) is 11.3 Å². The van der Waals surface area contributed by atoms with E-state index in [2.05, 4.69) is 59.6 Å². The summed E-state index contributed by atoms with van der Waals surface area (Å²) in [7, 11) is 0. The van der Waals surface area contributed by atoms with Gasteiger partial charge < -0.3 is 10.1 Å². The molecule has 0 saturated carbocycles. The van der Waals surface area contributed by atoms with Crippen molar-refractivity contribution in [3.05, 3.63) is 90.8 Å². The monoisotopic (exact) mass is 547 g/mol. The van der Waals surface area contributed by atoms with Gasteiger partial charge in [-0.15, -0.1) is 29.1 Å². The molecule has 1 aromatic heterocycles. The Morgan fingerprint density at radius 2 is 1.50 bits per heavy atom. The van der Waals surface area contributed by atoms with Crippen molar-refractivity contribution >= 4 is 27.3 Å². The summed E-state index contributed by atoms with van der Waals surface area (Å²) in [6, 6.07) is 26.2. The Morgan fingerprint density at radius 3 is 2.07 bits per heavy atom. The first-order valence-electron chi connectivity index (χ1n) is 8.66. The number of aliphatic hydroxyl groups excluding tert-OH is 1. The predicted molar refractivity (Wildman–Crippen MR) is 111 cm³/mol. The van der Waals surface area contributed by atoms with Gasteiger partial charge in [0.15, 0.2) is 5.78 Å². The summed E-state index contributed by atoms with van der Waals surface area (Å²) in [4.78, 5) is 14.6. The fourth-order valence-electron chi connectivity index (χ4n) is 2.80. The average molecular weight is 547 g/mol. The van der Waals surface area contributed by atoms with Crippen molar-refractivity contribution in [2.45, 2.75) is 13.8 Å². The number of aromatic nitrogens is 1. The summed E-state index contributed by atoms with van der Waals surface area (Å²) in [6.07, 6.45) is 3.09. The van der Waals surface area contributed by atoms with E-state index in [1.165, 1.54) is 36.1 Å². The first-order valence-corrected chi connectivity index (χ1v) is 8.66. The quantitative estimate of drug-likeness (QED) is 0.194. The smallest absolute Gasteiger partial charge is 0.155 e. The van der Waals surface area contributed by atoms with Crippen LogP contribution < -0.4 is 0 Å². The van der Waals surface area contributed by atoms with Gasteiger partial charge in [-0.05, 0) is 30.3 Å². The normalized spacial score (nSPS) is 10.7. The van der Waals surface area contributed by atoms with Crippen LogP contribution in [0.5, 0.6) is 0 Å². The number of carbonyl (C=O) groups is 1. The van der Waals surface area contributed by atoms with Gasteiger partial charge in [0.2, 0.25) is 0 Å². The number of allylic oxidation sites excluding steroid dienone is 2. The molecule has 0 aliphatic heterocycles. The summed E-state index contributed by atoms with van der Waals surface area (Å²) < 4.78 is 0. The zero-order chi connectivity index (χ0) is 19.2. The third-order valence-electron chi connectivity index (χ3n) is 4.00. The van der Waals surface area contributed by atoms with E-state index < -0.39 is 0 Å². The molecule has 4 heteroatoms. The van der Waals surface area contributed by atoms with E-state index in [1.807, 2.05) is 24.4 Å². The van der Waals surface area contributed by atoms with Gasteiger partial charge >= 0.3 is 0 Å². The van der Waals surface area contributed by atoms with E-state index in [9.17, 15) is 4.79 Å². The average Bonchev–Trinajstić information content (AvgIpc) is 2.66. The molecule has 3 aromatic carbocycles. The van der Waals surface area contributed by atoms with Crippen LogP contribution in [0, 0.1) is 6.07 Å². The third-order valence-corrected chi connectivity index (χ3v) is 4.00. The molecule has 0 amide bonds. The van der Waals surface area contributed by atoms with Crippen LogP contribution in [-0.2, 0) is 24.9 Å². The van der Waals surface area contributed by atoms with Crippen molar-refractivity contribution in [2.75, 3.05) is 0 Å². The SMILES string of the molecule is CC(=O)/C=C(/C)O.[Ir].[c-]1cc2ccccc2cc1-c1cc2ccccc2cn1. The van der Waals surface area contributed by atoms with Crippen LogP contribution in [-0.4, -0.2) is 15.9 Å². The minimum atomic E-state index is -0.125. The third kappa shape index (κ3) is 5.59.